The maximum Gasteiger partial charge on any atom is 0.160 e. The zero-order chi connectivity index (χ0) is 37.0. The van der Waals surface area contributed by atoms with Crippen LogP contribution in [0.15, 0.2) is 193 Å². The van der Waals surface area contributed by atoms with E-state index in [0.717, 1.165) is 77.8 Å². The number of aromatic nitrogens is 3. The van der Waals surface area contributed by atoms with Gasteiger partial charge in [0.15, 0.2) is 5.82 Å². The van der Waals surface area contributed by atoms with Gasteiger partial charge in [-0.15, -0.1) is 11.3 Å². The van der Waals surface area contributed by atoms with Crippen LogP contribution in [0.5, 0.6) is 0 Å². The molecule has 5 heteroatoms. The molecule has 0 fully saturated rings. The van der Waals surface area contributed by atoms with Crippen molar-refractivity contribution in [1.29, 1.82) is 0 Å². The molecule has 0 radical (unpaired) electrons. The van der Waals surface area contributed by atoms with E-state index in [0.29, 0.717) is 5.82 Å². The highest BCUT2D eigenvalue weighted by Gasteiger charge is 2.20. The zero-order valence-corrected chi connectivity index (χ0v) is 30.9. The van der Waals surface area contributed by atoms with Crippen LogP contribution in [0.4, 0.5) is 0 Å². The lowest BCUT2D eigenvalue weighted by atomic mass is 9.93. The average molecular weight is 734 g/mol. The van der Waals surface area contributed by atoms with Gasteiger partial charge in [0.2, 0.25) is 0 Å². The van der Waals surface area contributed by atoms with E-state index in [2.05, 4.69) is 151 Å². The van der Waals surface area contributed by atoms with E-state index in [1.54, 1.807) is 6.20 Å². The maximum absolute atomic E-state index is 6.75. The van der Waals surface area contributed by atoms with Crippen LogP contribution < -0.4 is 0 Å². The second-order valence-electron chi connectivity index (χ2n) is 14.0. The Balaban J connectivity index is 1.04. The fraction of sp³-hybridized carbons (Fsp3) is 0. The molecule has 0 N–H and O–H groups in total. The molecule has 0 unspecified atom stereocenters. The Kier molecular flexibility index (Phi) is 7.64. The number of para-hydroxylation sites is 1. The molecule has 56 heavy (non-hydrogen) atoms. The second kappa shape index (κ2) is 13.3. The Morgan fingerprint density at radius 1 is 0.429 bits per heavy atom. The first kappa shape index (κ1) is 32.2. The average Bonchev–Trinajstić information content (AvgIpc) is 3.86. The van der Waals surface area contributed by atoms with Gasteiger partial charge in [-0.1, -0.05) is 140 Å². The van der Waals surface area contributed by atoms with Crippen LogP contribution >= 0.6 is 11.3 Å². The molecule has 262 valence electrons. The van der Waals surface area contributed by atoms with Gasteiger partial charge in [-0.3, -0.25) is 4.98 Å². The summed E-state index contributed by atoms with van der Waals surface area (Å²) in [5, 5.41) is 4.79. The SMILES string of the molecule is c1ccc(-c2nc(-c3ccc(-c4ccc(-c5cccc6c5sc5ccccc56)c5oc6ccccc6c45)cc3)cc(-c3cccc(-c4cccnc4)c3)n2)cc1. The van der Waals surface area contributed by atoms with Gasteiger partial charge in [-0.05, 0) is 53.1 Å². The monoisotopic (exact) mass is 733 g/mol. The van der Waals surface area contributed by atoms with Crippen molar-refractivity contribution in [2.24, 2.45) is 0 Å². The summed E-state index contributed by atoms with van der Waals surface area (Å²) in [5.41, 5.74) is 13.2. The molecule has 11 aromatic rings. The van der Waals surface area contributed by atoms with Crippen molar-refractivity contribution in [3.05, 3.63) is 188 Å². The number of fused-ring (bicyclic) bond motifs is 6. The van der Waals surface area contributed by atoms with E-state index in [1.165, 1.54) is 25.7 Å². The van der Waals surface area contributed by atoms with Crippen molar-refractivity contribution >= 4 is 53.4 Å². The Morgan fingerprint density at radius 3 is 1.96 bits per heavy atom. The molecule has 4 aromatic heterocycles. The van der Waals surface area contributed by atoms with Crippen molar-refractivity contribution in [3.63, 3.8) is 0 Å². The number of thiophene rings is 1. The van der Waals surface area contributed by atoms with Gasteiger partial charge < -0.3 is 4.42 Å². The number of pyridine rings is 1. The highest BCUT2D eigenvalue weighted by Crippen LogP contribution is 2.46. The molecule has 4 nitrogen and oxygen atoms in total. The molecular weight excluding hydrogens is 703 g/mol. The van der Waals surface area contributed by atoms with Crippen molar-refractivity contribution < 1.29 is 4.42 Å². The van der Waals surface area contributed by atoms with E-state index in [-0.39, 0.29) is 0 Å². The van der Waals surface area contributed by atoms with Gasteiger partial charge in [-0.2, -0.15) is 0 Å². The number of hydrogen-bond acceptors (Lipinski definition) is 5. The third kappa shape index (κ3) is 5.48. The van der Waals surface area contributed by atoms with Crippen LogP contribution in [-0.2, 0) is 0 Å². The van der Waals surface area contributed by atoms with Crippen LogP contribution in [0.1, 0.15) is 0 Å². The number of benzene rings is 7. The third-order valence-corrected chi connectivity index (χ3v) is 11.8. The minimum Gasteiger partial charge on any atom is -0.455 e. The normalized spacial score (nSPS) is 11.6. The molecule has 0 bridgehead atoms. The Bertz CT molecular complexity index is 3240. The van der Waals surface area contributed by atoms with Gasteiger partial charge in [0.05, 0.1) is 11.4 Å². The van der Waals surface area contributed by atoms with E-state index >= 15 is 0 Å². The van der Waals surface area contributed by atoms with Crippen LogP contribution in [0.2, 0.25) is 0 Å². The molecule has 0 atom stereocenters. The van der Waals surface area contributed by atoms with Crippen LogP contribution in [0.3, 0.4) is 0 Å². The predicted molar refractivity (Wildman–Crippen MR) is 233 cm³/mol. The molecule has 0 amide bonds. The van der Waals surface area contributed by atoms with Gasteiger partial charge in [0.25, 0.3) is 0 Å². The van der Waals surface area contributed by atoms with Crippen LogP contribution in [-0.4, -0.2) is 15.0 Å². The molecule has 7 aromatic carbocycles. The Hall–Kier alpha value is -7.21. The summed E-state index contributed by atoms with van der Waals surface area (Å²) in [5.74, 6) is 0.685. The molecule has 0 saturated heterocycles. The molecule has 0 aliphatic heterocycles. The number of rotatable bonds is 6. The molecule has 4 heterocycles. The topological polar surface area (TPSA) is 51.8 Å². The van der Waals surface area contributed by atoms with E-state index in [1.807, 2.05) is 47.9 Å². The predicted octanol–water partition coefficient (Wildman–Crippen LogP) is 14.1. The number of nitrogens with zero attached hydrogens (tertiary/aromatic N) is 3. The Morgan fingerprint density at radius 2 is 1.11 bits per heavy atom. The standard InChI is InChI=1S/C51H31N3OS/c1-2-11-34(12-3-1)51-53-44(30-45(54-51)36-14-8-13-35(29-36)37-15-10-28-52-31-37)33-24-22-32(23-25-33)38-26-27-40(49-48(38)43-17-4-6-20-46(43)55-49)42-19-9-18-41-39-16-5-7-21-47(39)56-50(41)42/h1-31H. The molecule has 0 aliphatic carbocycles. The van der Waals surface area contributed by atoms with Gasteiger partial charge in [-0.25, -0.2) is 9.97 Å². The van der Waals surface area contributed by atoms with Crippen molar-refractivity contribution in [2.45, 2.75) is 0 Å². The first-order valence-corrected chi connectivity index (χ1v) is 19.5. The summed E-state index contributed by atoms with van der Waals surface area (Å²) in [6.07, 6.45) is 3.69. The summed E-state index contributed by atoms with van der Waals surface area (Å²) in [7, 11) is 0. The Labute approximate surface area is 327 Å². The highest BCUT2D eigenvalue weighted by atomic mass is 32.1. The molecule has 0 saturated carbocycles. The quantitative estimate of drug-likeness (QED) is 0.171. The van der Waals surface area contributed by atoms with Crippen molar-refractivity contribution in [1.82, 2.24) is 15.0 Å². The first-order chi connectivity index (χ1) is 27.7. The molecular formula is C51H31N3OS. The van der Waals surface area contributed by atoms with Gasteiger partial charge >= 0.3 is 0 Å². The van der Waals surface area contributed by atoms with Gasteiger partial charge in [0, 0.05) is 76.7 Å². The number of furan rings is 1. The molecule has 0 spiro atoms. The fourth-order valence-electron chi connectivity index (χ4n) is 7.91. The largest absolute Gasteiger partial charge is 0.455 e. The smallest absolute Gasteiger partial charge is 0.160 e. The third-order valence-electron chi connectivity index (χ3n) is 10.6. The fourth-order valence-corrected chi connectivity index (χ4v) is 9.14. The lowest BCUT2D eigenvalue weighted by Crippen LogP contribution is -1.96. The summed E-state index contributed by atoms with van der Waals surface area (Å²) >= 11 is 1.84. The number of hydrogen-bond donors (Lipinski definition) is 0. The molecule has 0 aliphatic rings. The first-order valence-electron chi connectivity index (χ1n) is 18.7. The van der Waals surface area contributed by atoms with E-state index in [4.69, 9.17) is 14.4 Å². The van der Waals surface area contributed by atoms with E-state index in [9.17, 15) is 0 Å². The lowest BCUT2D eigenvalue weighted by molar-refractivity contribution is 0.670. The molecule has 11 rings (SSSR count). The second-order valence-corrected chi connectivity index (χ2v) is 15.0. The van der Waals surface area contributed by atoms with Crippen molar-refractivity contribution in [3.8, 4) is 67.3 Å². The summed E-state index contributed by atoms with van der Waals surface area (Å²) in [6, 6.07) is 61.6. The highest BCUT2D eigenvalue weighted by molar-refractivity contribution is 7.26. The van der Waals surface area contributed by atoms with Crippen molar-refractivity contribution in [2.75, 3.05) is 0 Å². The summed E-state index contributed by atoms with van der Waals surface area (Å²) in [6.45, 7) is 0. The minimum absolute atomic E-state index is 0.685. The lowest BCUT2D eigenvalue weighted by Gasteiger charge is -2.12. The summed E-state index contributed by atoms with van der Waals surface area (Å²) < 4.78 is 9.31. The van der Waals surface area contributed by atoms with Gasteiger partial charge in [0.1, 0.15) is 11.2 Å². The van der Waals surface area contributed by atoms with Crippen LogP contribution in [0.25, 0.3) is 109 Å². The minimum atomic E-state index is 0.685. The van der Waals surface area contributed by atoms with Crippen LogP contribution in [0, 0.1) is 0 Å². The maximum atomic E-state index is 6.75. The zero-order valence-electron chi connectivity index (χ0n) is 30.1. The van der Waals surface area contributed by atoms with E-state index < -0.39 is 0 Å². The summed E-state index contributed by atoms with van der Waals surface area (Å²) in [4.78, 5) is 14.5.